The quantitative estimate of drug-likeness (QED) is 0.767. The summed E-state index contributed by atoms with van der Waals surface area (Å²) in [5, 5.41) is 0. The van der Waals surface area contributed by atoms with Gasteiger partial charge in [0, 0.05) is 6.54 Å². The second-order valence-corrected chi connectivity index (χ2v) is 3.83. The largest absolute Gasteiger partial charge is 0.322 e. The second kappa shape index (κ2) is 4.48. The maximum atomic E-state index is 5.97. The highest BCUT2D eigenvalue weighted by atomic mass is 15.1. The molecule has 1 atom stereocenters. The minimum absolute atomic E-state index is 0.0585. The van der Waals surface area contributed by atoms with Crippen LogP contribution >= 0.6 is 0 Å². The number of hydrogen-bond donors (Lipinski definition) is 1. The lowest BCUT2D eigenvalue weighted by Crippen LogP contribution is -2.27. The molecule has 1 rings (SSSR count). The molecule has 78 valence electrons. The van der Waals surface area contributed by atoms with Crippen molar-refractivity contribution in [1.29, 1.82) is 0 Å². The number of nitrogens with two attached hydrogens (primary N) is 1. The molecule has 0 aliphatic heterocycles. The van der Waals surface area contributed by atoms with E-state index < -0.39 is 0 Å². The summed E-state index contributed by atoms with van der Waals surface area (Å²) in [5.41, 5.74) is 8.75. The normalized spacial score (nSPS) is 13.3. The van der Waals surface area contributed by atoms with Crippen LogP contribution in [0.15, 0.2) is 6.20 Å². The van der Waals surface area contributed by atoms with Crippen molar-refractivity contribution in [1.82, 2.24) is 14.9 Å². The van der Waals surface area contributed by atoms with Crippen LogP contribution in [0.1, 0.15) is 23.1 Å². The highest BCUT2D eigenvalue weighted by Gasteiger charge is 2.09. The van der Waals surface area contributed by atoms with Gasteiger partial charge in [-0.2, -0.15) is 0 Å². The molecule has 14 heavy (non-hydrogen) atoms. The van der Waals surface area contributed by atoms with E-state index in [1.807, 2.05) is 32.8 Å². The van der Waals surface area contributed by atoms with E-state index in [9.17, 15) is 0 Å². The summed E-state index contributed by atoms with van der Waals surface area (Å²) in [6, 6.07) is -0.0585. The van der Waals surface area contributed by atoms with Crippen LogP contribution in [0, 0.1) is 13.8 Å². The predicted molar refractivity (Wildman–Crippen MR) is 57.0 cm³/mol. The first-order valence-corrected chi connectivity index (χ1v) is 4.71. The number of likely N-dealkylation sites (N-methyl/N-ethyl adjacent to an activating group) is 1. The number of aromatic nitrogens is 2. The lowest BCUT2D eigenvalue weighted by atomic mass is 10.2. The Kier molecular flexibility index (Phi) is 3.55. The average molecular weight is 194 g/mol. The molecular weight excluding hydrogens is 176 g/mol. The zero-order valence-electron chi connectivity index (χ0n) is 9.28. The number of hydrogen-bond acceptors (Lipinski definition) is 4. The highest BCUT2D eigenvalue weighted by Crippen LogP contribution is 2.08. The van der Waals surface area contributed by atoms with Gasteiger partial charge in [0.1, 0.15) is 0 Å². The van der Waals surface area contributed by atoms with Crippen molar-refractivity contribution < 1.29 is 0 Å². The molecule has 1 aromatic rings. The molecule has 1 aromatic heterocycles. The summed E-state index contributed by atoms with van der Waals surface area (Å²) in [5.74, 6) is 0. The van der Waals surface area contributed by atoms with Crippen molar-refractivity contribution >= 4 is 0 Å². The van der Waals surface area contributed by atoms with Gasteiger partial charge in [0.25, 0.3) is 0 Å². The van der Waals surface area contributed by atoms with Gasteiger partial charge in [-0.3, -0.25) is 9.97 Å². The van der Waals surface area contributed by atoms with Crippen LogP contribution in [-0.2, 0) is 0 Å². The third-order valence-corrected chi connectivity index (χ3v) is 2.15. The van der Waals surface area contributed by atoms with Gasteiger partial charge >= 0.3 is 0 Å². The molecule has 0 amide bonds. The summed E-state index contributed by atoms with van der Waals surface area (Å²) in [6.07, 6.45) is 1.76. The van der Waals surface area contributed by atoms with Gasteiger partial charge < -0.3 is 10.6 Å². The third kappa shape index (κ3) is 2.75. The minimum Gasteiger partial charge on any atom is -0.322 e. The van der Waals surface area contributed by atoms with Gasteiger partial charge in [0.2, 0.25) is 0 Å². The maximum absolute atomic E-state index is 5.97. The van der Waals surface area contributed by atoms with Crippen LogP contribution in [0.25, 0.3) is 0 Å². The van der Waals surface area contributed by atoms with E-state index in [0.717, 1.165) is 23.6 Å². The average Bonchev–Trinajstić information content (AvgIpc) is 2.08. The van der Waals surface area contributed by atoms with Crippen LogP contribution in [0.2, 0.25) is 0 Å². The van der Waals surface area contributed by atoms with Crippen molar-refractivity contribution in [2.75, 3.05) is 20.6 Å². The van der Waals surface area contributed by atoms with Gasteiger partial charge in [-0.15, -0.1) is 0 Å². The Bertz CT molecular complexity index is 309. The lowest BCUT2D eigenvalue weighted by Gasteiger charge is -2.16. The molecule has 0 bridgehead atoms. The molecule has 0 unspecified atom stereocenters. The molecular formula is C10H18N4. The molecule has 0 spiro atoms. The summed E-state index contributed by atoms with van der Waals surface area (Å²) in [6.45, 7) is 4.69. The van der Waals surface area contributed by atoms with E-state index in [4.69, 9.17) is 5.73 Å². The van der Waals surface area contributed by atoms with Gasteiger partial charge in [-0.05, 0) is 27.9 Å². The van der Waals surface area contributed by atoms with Gasteiger partial charge in [0.05, 0.1) is 29.3 Å². The zero-order valence-corrected chi connectivity index (χ0v) is 9.28. The number of nitrogens with zero attached hydrogens (tertiary/aromatic N) is 3. The van der Waals surface area contributed by atoms with Gasteiger partial charge in [-0.1, -0.05) is 0 Å². The molecule has 0 aliphatic carbocycles. The Morgan fingerprint density at radius 1 is 1.36 bits per heavy atom. The molecule has 4 nitrogen and oxygen atoms in total. The first-order chi connectivity index (χ1) is 6.50. The van der Waals surface area contributed by atoms with E-state index in [1.54, 1.807) is 6.20 Å². The SMILES string of the molecule is Cc1ncc([C@H](N)CN(C)C)nc1C. The molecule has 0 radical (unpaired) electrons. The molecule has 4 heteroatoms. The van der Waals surface area contributed by atoms with Crippen molar-refractivity contribution in [2.24, 2.45) is 5.73 Å². The van der Waals surface area contributed by atoms with E-state index in [2.05, 4.69) is 9.97 Å². The molecule has 0 fully saturated rings. The molecule has 0 saturated heterocycles. The second-order valence-electron chi connectivity index (χ2n) is 3.83. The monoisotopic (exact) mass is 194 g/mol. The van der Waals surface area contributed by atoms with Crippen molar-refractivity contribution in [2.45, 2.75) is 19.9 Å². The number of rotatable bonds is 3. The highest BCUT2D eigenvalue weighted by molar-refractivity contribution is 5.13. The van der Waals surface area contributed by atoms with E-state index >= 15 is 0 Å². The first-order valence-electron chi connectivity index (χ1n) is 4.71. The van der Waals surface area contributed by atoms with E-state index in [1.165, 1.54) is 0 Å². The fourth-order valence-corrected chi connectivity index (χ4v) is 1.23. The smallest absolute Gasteiger partial charge is 0.0770 e. The molecule has 0 aliphatic rings. The summed E-state index contributed by atoms with van der Waals surface area (Å²) in [4.78, 5) is 10.7. The Labute approximate surface area is 85.2 Å². The predicted octanol–water partition coefficient (Wildman–Crippen LogP) is 0.655. The van der Waals surface area contributed by atoms with Crippen molar-refractivity contribution in [3.8, 4) is 0 Å². The van der Waals surface area contributed by atoms with Crippen LogP contribution in [0.4, 0.5) is 0 Å². The molecule has 0 saturated carbocycles. The topological polar surface area (TPSA) is 55.0 Å². The third-order valence-electron chi connectivity index (χ3n) is 2.15. The number of aryl methyl sites for hydroxylation is 2. The Morgan fingerprint density at radius 3 is 2.50 bits per heavy atom. The minimum atomic E-state index is -0.0585. The molecule has 0 aromatic carbocycles. The van der Waals surface area contributed by atoms with Crippen LogP contribution < -0.4 is 5.73 Å². The molecule has 1 heterocycles. The molecule has 2 N–H and O–H groups in total. The maximum Gasteiger partial charge on any atom is 0.0770 e. The van der Waals surface area contributed by atoms with E-state index in [0.29, 0.717) is 0 Å². The summed E-state index contributed by atoms with van der Waals surface area (Å²) in [7, 11) is 3.99. The Morgan fingerprint density at radius 2 is 2.00 bits per heavy atom. The van der Waals surface area contributed by atoms with Crippen LogP contribution in [0.3, 0.4) is 0 Å². The Hall–Kier alpha value is -1.00. The standard InChI is InChI=1S/C10H18N4/c1-7-8(2)13-10(5-12-7)9(11)6-14(3)4/h5,9H,6,11H2,1-4H3/t9-/m1/s1. The zero-order chi connectivity index (χ0) is 10.7. The lowest BCUT2D eigenvalue weighted by molar-refractivity contribution is 0.373. The first kappa shape index (κ1) is 11.1. The van der Waals surface area contributed by atoms with Gasteiger partial charge in [-0.25, -0.2) is 0 Å². The van der Waals surface area contributed by atoms with Gasteiger partial charge in [0.15, 0.2) is 0 Å². The summed E-state index contributed by atoms with van der Waals surface area (Å²) >= 11 is 0. The summed E-state index contributed by atoms with van der Waals surface area (Å²) < 4.78 is 0. The fourth-order valence-electron chi connectivity index (χ4n) is 1.23. The van der Waals surface area contributed by atoms with Crippen LogP contribution in [-0.4, -0.2) is 35.5 Å². The fraction of sp³-hybridized carbons (Fsp3) is 0.600. The Balaban J connectivity index is 2.80. The van der Waals surface area contributed by atoms with Crippen molar-refractivity contribution in [3.05, 3.63) is 23.3 Å². The van der Waals surface area contributed by atoms with Crippen LogP contribution in [0.5, 0.6) is 0 Å². The van der Waals surface area contributed by atoms with E-state index in [-0.39, 0.29) is 6.04 Å². The van der Waals surface area contributed by atoms with Crippen molar-refractivity contribution in [3.63, 3.8) is 0 Å².